The highest BCUT2D eigenvalue weighted by atomic mass is 32.2. The smallest absolute Gasteiger partial charge is 0.307 e. The van der Waals surface area contributed by atoms with Crippen molar-refractivity contribution in [2.24, 2.45) is 0 Å². The average molecular weight is 339 g/mol. The Morgan fingerprint density at radius 3 is 2.43 bits per heavy atom. The van der Waals surface area contributed by atoms with E-state index in [1.54, 1.807) is 13.0 Å². The van der Waals surface area contributed by atoms with E-state index in [0.717, 1.165) is 25.2 Å². The summed E-state index contributed by atoms with van der Waals surface area (Å²) < 4.78 is 34.2. The van der Waals surface area contributed by atoms with Crippen molar-refractivity contribution >= 4 is 15.9 Å². The summed E-state index contributed by atoms with van der Waals surface area (Å²) in [7, 11) is -3.65. The van der Waals surface area contributed by atoms with E-state index in [1.165, 1.54) is 10.7 Å². The Morgan fingerprint density at radius 2 is 1.83 bits per heavy atom. The molecule has 1 saturated heterocycles. The second-order valence-corrected chi connectivity index (χ2v) is 6.75. The lowest BCUT2D eigenvalue weighted by atomic mass is 10.4. The van der Waals surface area contributed by atoms with Crippen LogP contribution in [0.2, 0.25) is 0 Å². The summed E-state index contributed by atoms with van der Waals surface area (Å²) >= 11 is 0. The number of aromatic nitrogens is 4. The zero-order chi connectivity index (χ0) is 16.4. The van der Waals surface area contributed by atoms with Gasteiger partial charge in [-0.3, -0.25) is 0 Å². The van der Waals surface area contributed by atoms with Crippen LogP contribution in [0.4, 0.5) is 5.82 Å². The van der Waals surface area contributed by atoms with Gasteiger partial charge in [-0.2, -0.15) is 18.2 Å². The predicted octanol–water partition coefficient (Wildman–Crippen LogP) is 0.146. The van der Waals surface area contributed by atoms with Crippen LogP contribution in [0.5, 0.6) is 5.88 Å². The second-order valence-electron chi connectivity index (χ2n) is 5.17. The first-order valence-corrected chi connectivity index (χ1v) is 8.87. The van der Waals surface area contributed by atoms with E-state index in [-0.39, 0.29) is 5.88 Å². The number of ether oxygens (including phenoxy) is 1. The molecular formula is C13H17N5O4S. The van der Waals surface area contributed by atoms with Gasteiger partial charge in [0.1, 0.15) is 0 Å². The number of nitrogens with zero attached hydrogens (tertiary/aromatic N) is 5. The van der Waals surface area contributed by atoms with Gasteiger partial charge >= 0.3 is 10.1 Å². The summed E-state index contributed by atoms with van der Waals surface area (Å²) in [4.78, 5) is 2.07. The first-order valence-electron chi connectivity index (χ1n) is 7.05. The molecule has 2 aromatic heterocycles. The van der Waals surface area contributed by atoms with Crippen molar-refractivity contribution in [3.8, 4) is 11.7 Å². The van der Waals surface area contributed by atoms with E-state index >= 15 is 0 Å². The van der Waals surface area contributed by atoms with E-state index in [9.17, 15) is 8.42 Å². The quantitative estimate of drug-likeness (QED) is 0.726. The average Bonchev–Trinajstić information content (AvgIpc) is 2.87. The molecule has 1 aliphatic heterocycles. The molecule has 1 fully saturated rings. The number of rotatable bonds is 4. The molecule has 0 amide bonds. The maximum atomic E-state index is 11.3. The first-order chi connectivity index (χ1) is 10.9. The summed E-state index contributed by atoms with van der Waals surface area (Å²) in [6.45, 7) is 4.58. The molecule has 3 heterocycles. The molecule has 124 valence electrons. The molecule has 0 unspecified atom stereocenters. The summed E-state index contributed by atoms with van der Waals surface area (Å²) in [6.07, 6.45) is 0.979. The van der Waals surface area contributed by atoms with Gasteiger partial charge in [0.15, 0.2) is 11.6 Å². The van der Waals surface area contributed by atoms with E-state index in [1.807, 2.05) is 6.07 Å². The normalized spacial score (nSPS) is 15.7. The minimum absolute atomic E-state index is 0.0819. The van der Waals surface area contributed by atoms with Crippen LogP contribution in [0.25, 0.3) is 5.82 Å². The Kier molecular flexibility index (Phi) is 4.18. The zero-order valence-electron chi connectivity index (χ0n) is 12.8. The number of hydrogen-bond donors (Lipinski definition) is 0. The minimum atomic E-state index is -3.65. The maximum absolute atomic E-state index is 11.3. The Bertz CT molecular complexity index is 781. The molecule has 23 heavy (non-hydrogen) atoms. The monoisotopic (exact) mass is 339 g/mol. The summed E-state index contributed by atoms with van der Waals surface area (Å²) in [6, 6.07) is 5.06. The summed E-state index contributed by atoms with van der Waals surface area (Å²) in [5, 5.41) is 12.5. The first kappa shape index (κ1) is 15.7. The van der Waals surface area contributed by atoms with E-state index in [2.05, 4.69) is 20.2 Å². The van der Waals surface area contributed by atoms with Gasteiger partial charge < -0.3 is 13.8 Å². The maximum Gasteiger partial charge on any atom is 0.307 e. The summed E-state index contributed by atoms with van der Waals surface area (Å²) in [5.74, 6) is 1.21. The van der Waals surface area contributed by atoms with Crippen molar-refractivity contribution in [2.45, 2.75) is 6.92 Å². The van der Waals surface area contributed by atoms with Crippen molar-refractivity contribution < 1.29 is 17.3 Å². The fourth-order valence-electron chi connectivity index (χ4n) is 2.25. The van der Waals surface area contributed by atoms with E-state index in [0.29, 0.717) is 24.7 Å². The van der Waals surface area contributed by atoms with Gasteiger partial charge in [0, 0.05) is 19.2 Å². The van der Waals surface area contributed by atoms with Gasteiger partial charge in [-0.15, -0.1) is 10.2 Å². The molecule has 0 radical (unpaired) electrons. The molecule has 0 saturated carbocycles. The highest BCUT2D eigenvalue weighted by molar-refractivity contribution is 7.86. The SMILES string of the molecule is Cc1cc(OS(C)(=O)=O)n(-c2ccc(N3CCOCC3)nn2)n1. The van der Waals surface area contributed by atoms with Crippen molar-refractivity contribution in [1.82, 2.24) is 20.0 Å². The fraction of sp³-hybridized carbons (Fsp3) is 0.462. The third-order valence-corrected chi connectivity index (χ3v) is 3.70. The van der Waals surface area contributed by atoms with Crippen molar-refractivity contribution in [2.75, 3.05) is 37.5 Å². The number of aryl methyl sites for hydroxylation is 1. The Balaban J connectivity index is 1.87. The molecule has 0 spiro atoms. The Labute approximate surface area is 134 Å². The van der Waals surface area contributed by atoms with Crippen LogP contribution in [0.3, 0.4) is 0 Å². The third-order valence-electron chi connectivity index (χ3n) is 3.22. The number of anilines is 1. The molecule has 10 heteroatoms. The van der Waals surface area contributed by atoms with Crippen LogP contribution in [-0.4, -0.2) is 61.0 Å². The van der Waals surface area contributed by atoms with Gasteiger partial charge in [-0.1, -0.05) is 0 Å². The highest BCUT2D eigenvalue weighted by Crippen LogP contribution is 2.20. The molecule has 0 aromatic carbocycles. The molecule has 0 N–H and O–H groups in total. The molecule has 9 nitrogen and oxygen atoms in total. The standard InChI is InChI=1S/C13H17N5O4S/c1-10-9-13(22-23(2,19)20)18(16-10)12-4-3-11(14-15-12)17-5-7-21-8-6-17/h3-4,9H,5-8H2,1-2H3. The minimum Gasteiger partial charge on any atom is -0.378 e. The van der Waals surface area contributed by atoms with Gasteiger partial charge in [-0.05, 0) is 19.1 Å². The van der Waals surface area contributed by atoms with Gasteiger partial charge in [-0.25, -0.2) is 0 Å². The van der Waals surface area contributed by atoms with Gasteiger partial charge in [0.2, 0.25) is 5.88 Å². The highest BCUT2D eigenvalue weighted by Gasteiger charge is 2.17. The lowest BCUT2D eigenvalue weighted by Crippen LogP contribution is -2.36. The van der Waals surface area contributed by atoms with Crippen molar-refractivity contribution in [3.63, 3.8) is 0 Å². The Morgan fingerprint density at radius 1 is 1.17 bits per heavy atom. The van der Waals surface area contributed by atoms with Crippen LogP contribution in [0.1, 0.15) is 5.69 Å². The van der Waals surface area contributed by atoms with Crippen LogP contribution in [0, 0.1) is 6.92 Å². The van der Waals surface area contributed by atoms with E-state index in [4.69, 9.17) is 8.92 Å². The molecule has 0 bridgehead atoms. The molecule has 1 aliphatic rings. The van der Waals surface area contributed by atoms with Crippen LogP contribution in [0.15, 0.2) is 18.2 Å². The van der Waals surface area contributed by atoms with Crippen molar-refractivity contribution in [1.29, 1.82) is 0 Å². The molecule has 0 aliphatic carbocycles. The number of morpholine rings is 1. The zero-order valence-corrected chi connectivity index (χ0v) is 13.7. The fourth-order valence-corrected chi connectivity index (χ4v) is 2.68. The molecular weight excluding hydrogens is 322 g/mol. The third kappa shape index (κ3) is 3.77. The largest absolute Gasteiger partial charge is 0.378 e. The molecule has 2 aromatic rings. The van der Waals surface area contributed by atoms with Crippen molar-refractivity contribution in [3.05, 3.63) is 23.9 Å². The Hall–Kier alpha value is -2.20. The van der Waals surface area contributed by atoms with Crippen LogP contribution >= 0.6 is 0 Å². The van der Waals surface area contributed by atoms with Gasteiger partial charge in [0.25, 0.3) is 0 Å². The lowest BCUT2D eigenvalue weighted by molar-refractivity contribution is 0.122. The van der Waals surface area contributed by atoms with E-state index < -0.39 is 10.1 Å². The van der Waals surface area contributed by atoms with Crippen LogP contribution in [-0.2, 0) is 14.9 Å². The second kappa shape index (κ2) is 6.13. The lowest BCUT2D eigenvalue weighted by Gasteiger charge is -2.27. The molecule has 3 rings (SSSR count). The number of hydrogen-bond acceptors (Lipinski definition) is 8. The topological polar surface area (TPSA) is 99.4 Å². The molecule has 0 atom stereocenters. The van der Waals surface area contributed by atoms with Gasteiger partial charge in [0.05, 0.1) is 25.2 Å². The predicted molar refractivity (Wildman–Crippen MR) is 82.4 cm³/mol. The summed E-state index contributed by atoms with van der Waals surface area (Å²) in [5.41, 5.74) is 0.614. The van der Waals surface area contributed by atoms with Crippen LogP contribution < -0.4 is 9.08 Å².